The number of ether oxygens (including phenoxy) is 1. The third-order valence-corrected chi connectivity index (χ3v) is 2.94. The molecule has 1 fully saturated rings. The fourth-order valence-electron chi connectivity index (χ4n) is 2.03. The summed E-state index contributed by atoms with van der Waals surface area (Å²) < 4.78 is 5.93. The van der Waals surface area contributed by atoms with E-state index in [0.717, 1.165) is 30.6 Å². The SMILES string of the molecule is c1cnc(OC2CCNC2)c(-c2cncnc2)c1. The molecule has 2 aromatic heterocycles. The number of aromatic nitrogens is 3. The van der Waals surface area contributed by atoms with E-state index in [1.54, 1.807) is 18.6 Å². The van der Waals surface area contributed by atoms with Crippen molar-refractivity contribution in [2.75, 3.05) is 13.1 Å². The molecule has 1 unspecified atom stereocenters. The van der Waals surface area contributed by atoms with Gasteiger partial charge in [0.15, 0.2) is 0 Å². The highest BCUT2D eigenvalue weighted by molar-refractivity contribution is 5.66. The first-order chi connectivity index (χ1) is 8.93. The zero-order valence-electron chi connectivity index (χ0n) is 9.91. The first-order valence-corrected chi connectivity index (χ1v) is 6.01. The largest absolute Gasteiger partial charge is 0.473 e. The van der Waals surface area contributed by atoms with Crippen LogP contribution in [0.25, 0.3) is 11.1 Å². The van der Waals surface area contributed by atoms with Gasteiger partial charge >= 0.3 is 0 Å². The van der Waals surface area contributed by atoms with Gasteiger partial charge in [-0.1, -0.05) is 0 Å². The topological polar surface area (TPSA) is 59.9 Å². The summed E-state index contributed by atoms with van der Waals surface area (Å²) in [6.07, 6.45) is 8.00. The van der Waals surface area contributed by atoms with Crippen LogP contribution in [0.3, 0.4) is 0 Å². The number of nitrogens with one attached hydrogen (secondary N) is 1. The van der Waals surface area contributed by atoms with Crippen molar-refractivity contribution in [3.8, 4) is 17.0 Å². The Morgan fingerprint density at radius 1 is 1.28 bits per heavy atom. The molecular formula is C13H14N4O. The average Bonchev–Trinajstić information content (AvgIpc) is 2.93. The molecule has 2 aromatic rings. The summed E-state index contributed by atoms with van der Waals surface area (Å²) >= 11 is 0. The Hall–Kier alpha value is -2.01. The summed E-state index contributed by atoms with van der Waals surface area (Å²) in [5.41, 5.74) is 1.86. The van der Waals surface area contributed by atoms with Crippen LogP contribution in [-0.2, 0) is 0 Å². The maximum atomic E-state index is 5.93. The molecule has 3 heterocycles. The highest BCUT2D eigenvalue weighted by atomic mass is 16.5. The monoisotopic (exact) mass is 242 g/mol. The van der Waals surface area contributed by atoms with Gasteiger partial charge in [0, 0.05) is 36.3 Å². The Balaban J connectivity index is 1.90. The van der Waals surface area contributed by atoms with Crippen molar-refractivity contribution in [3.63, 3.8) is 0 Å². The van der Waals surface area contributed by atoms with Gasteiger partial charge in [-0.15, -0.1) is 0 Å². The first kappa shape index (κ1) is 11.1. The third-order valence-electron chi connectivity index (χ3n) is 2.94. The smallest absolute Gasteiger partial charge is 0.221 e. The second kappa shape index (κ2) is 5.10. The number of hydrogen-bond acceptors (Lipinski definition) is 5. The lowest BCUT2D eigenvalue weighted by Crippen LogP contribution is -2.20. The van der Waals surface area contributed by atoms with Crippen molar-refractivity contribution < 1.29 is 4.74 Å². The van der Waals surface area contributed by atoms with Crippen LogP contribution in [0.1, 0.15) is 6.42 Å². The van der Waals surface area contributed by atoms with E-state index in [-0.39, 0.29) is 6.10 Å². The molecule has 5 nitrogen and oxygen atoms in total. The Morgan fingerprint density at radius 3 is 2.94 bits per heavy atom. The molecule has 3 rings (SSSR count). The van der Waals surface area contributed by atoms with E-state index >= 15 is 0 Å². The Morgan fingerprint density at radius 2 is 2.17 bits per heavy atom. The van der Waals surface area contributed by atoms with Gasteiger partial charge in [-0.05, 0) is 25.1 Å². The van der Waals surface area contributed by atoms with Gasteiger partial charge in [0.1, 0.15) is 12.4 Å². The first-order valence-electron chi connectivity index (χ1n) is 6.01. The summed E-state index contributed by atoms with van der Waals surface area (Å²) in [4.78, 5) is 12.4. The normalized spacial score (nSPS) is 18.8. The highest BCUT2D eigenvalue weighted by Gasteiger charge is 2.18. The zero-order valence-corrected chi connectivity index (χ0v) is 9.91. The number of pyridine rings is 1. The van der Waals surface area contributed by atoms with Crippen LogP contribution < -0.4 is 10.1 Å². The molecule has 0 radical (unpaired) electrons. The lowest BCUT2D eigenvalue weighted by molar-refractivity contribution is 0.215. The van der Waals surface area contributed by atoms with Crippen LogP contribution in [0, 0.1) is 0 Å². The van der Waals surface area contributed by atoms with Gasteiger partial charge in [-0.3, -0.25) is 0 Å². The maximum absolute atomic E-state index is 5.93. The standard InChI is InChI=1S/C13H14N4O/c1-2-12(10-6-15-9-16-7-10)13(17-4-1)18-11-3-5-14-8-11/h1-2,4,6-7,9,11,14H,3,5,8H2. The third kappa shape index (κ3) is 2.31. The van der Waals surface area contributed by atoms with Crippen LogP contribution in [0.2, 0.25) is 0 Å². The Kier molecular flexibility index (Phi) is 3.14. The molecule has 0 saturated carbocycles. The second-order valence-electron chi connectivity index (χ2n) is 4.22. The van der Waals surface area contributed by atoms with E-state index in [2.05, 4.69) is 20.3 Å². The molecule has 0 bridgehead atoms. The van der Waals surface area contributed by atoms with Crippen molar-refractivity contribution in [3.05, 3.63) is 37.1 Å². The summed E-state index contributed by atoms with van der Waals surface area (Å²) in [6.45, 7) is 1.88. The molecule has 1 aliphatic heterocycles. The molecule has 1 aliphatic rings. The molecule has 1 saturated heterocycles. The molecule has 1 N–H and O–H groups in total. The molecule has 5 heteroatoms. The van der Waals surface area contributed by atoms with Crippen molar-refractivity contribution in [1.82, 2.24) is 20.3 Å². The minimum absolute atomic E-state index is 0.197. The molecule has 0 aromatic carbocycles. The van der Waals surface area contributed by atoms with Crippen LogP contribution >= 0.6 is 0 Å². The van der Waals surface area contributed by atoms with Crippen LogP contribution in [0.5, 0.6) is 5.88 Å². The Bertz CT molecular complexity index is 511. The zero-order chi connectivity index (χ0) is 12.2. The summed E-state index contributed by atoms with van der Waals surface area (Å²) in [7, 11) is 0. The molecular weight excluding hydrogens is 228 g/mol. The van der Waals surface area contributed by atoms with Crippen molar-refractivity contribution in [1.29, 1.82) is 0 Å². The maximum Gasteiger partial charge on any atom is 0.221 e. The van der Waals surface area contributed by atoms with Crippen molar-refractivity contribution in [2.24, 2.45) is 0 Å². The fourth-order valence-corrected chi connectivity index (χ4v) is 2.03. The summed E-state index contributed by atoms with van der Waals surface area (Å²) in [6, 6.07) is 3.87. The molecule has 0 aliphatic carbocycles. The van der Waals surface area contributed by atoms with Crippen LogP contribution in [0.15, 0.2) is 37.1 Å². The Labute approximate surface area is 105 Å². The molecule has 0 amide bonds. The van der Waals surface area contributed by atoms with Gasteiger partial charge < -0.3 is 10.1 Å². The van der Waals surface area contributed by atoms with E-state index < -0.39 is 0 Å². The highest BCUT2D eigenvalue weighted by Crippen LogP contribution is 2.27. The number of nitrogens with zero attached hydrogens (tertiary/aromatic N) is 3. The van der Waals surface area contributed by atoms with E-state index in [4.69, 9.17) is 4.74 Å². The molecule has 18 heavy (non-hydrogen) atoms. The van der Waals surface area contributed by atoms with E-state index in [0.29, 0.717) is 5.88 Å². The molecule has 0 spiro atoms. The molecule has 1 atom stereocenters. The van der Waals surface area contributed by atoms with Gasteiger partial charge in [-0.2, -0.15) is 0 Å². The predicted molar refractivity (Wildman–Crippen MR) is 67.2 cm³/mol. The van der Waals surface area contributed by atoms with E-state index in [9.17, 15) is 0 Å². The number of hydrogen-bond donors (Lipinski definition) is 1. The minimum atomic E-state index is 0.197. The van der Waals surface area contributed by atoms with Crippen molar-refractivity contribution in [2.45, 2.75) is 12.5 Å². The summed E-state index contributed by atoms with van der Waals surface area (Å²) in [5, 5.41) is 3.27. The lowest BCUT2D eigenvalue weighted by atomic mass is 10.1. The quantitative estimate of drug-likeness (QED) is 0.878. The predicted octanol–water partition coefficient (Wildman–Crippen LogP) is 1.28. The van der Waals surface area contributed by atoms with Gasteiger partial charge in [0.05, 0.1) is 0 Å². The minimum Gasteiger partial charge on any atom is -0.473 e. The van der Waals surface area contributed by atoms with Crippen molar-refractivity contribution >= 4 is 0 Å². The number of rotatable bonds is 3. The second-order valence-corrected chi connectivity index (χ2v) is 4.22. The lowest BCUT2D eigenvalue weighted by Gasteiger charge is -2.14. The van der Waals surface area contributed by atoms with E-state index in [1.165, 1.54) is 6.33 Å². The van der Waals surface area contributed by atoms with Gasteiger partial charge in [0.25, 0.3) is 0 Å². The average molecular weight is 242 g/mol. The summed E-state index contributed by atoms with van der Waals surface area (Å²) in [5.74, 6) is 0.654. The molecule has 92 valence electrons. The van der Waals surface area contributed by atoms with Crippen LogP contribution in [-0.4, -0.2) is 34.1 Å². The van der Waals surface area contributed by atoms with Crippen LogP contribution in [0.4, 0.5) is 0 Å². The van der Waals surface area contributed by atoms with Gasteiger partial charge in [-0.25, -0.2) is 15.0 Å². The van der Waals surface area contributed by atoms with Gasteiger partial charge in [0.2, 0.25) is 5.88 Å². The van der Waals surface area contributed by atoms with E-state index in [1.807, 2.05) is 12.1 Å². The fraction of sp³-hybridized carbons (Fsp3) is 0.308.